The molecule has 3 N–H and O–H groups in total. The van der Waals surface area contributed by atoms with Crippen molar-refractivity contribution in [2.75, 3.05) is 23.8 Å². The highest BCUT2D eigenvalue weighted by molar-refractivity contribution is 6.28. The Morgan fingerprint density at radius 2 is 2.31 bits per heavy atom. The summed E-state index contributed by atoms with van der Waals surface area (Å²) in [6.45, 7) is 0.611. The van der Waals surface area contributed by atoms with Crippen LogP contribution in [0.1, 0.15) is 19.3 Å². The van der Waals surface area contributed by atoms with Crippen molar-refractivity contribution in [2.45, 2.75) is 25.3 Å². The standard InChI is InChI=1S/C10H15ClN4O/c11-10-13-6-8(12)9(14-10)15(4-5-16)7-2-1-3-7/h6-7,16H,1-5,12H2. The van der Waals surface area contributed by atoms with Gasteiger partial charge in [0.25, 0.3) is 0 Å². The lowest BCUT2D eigenvalue weighted by Crippen LogP contribution is -2.42. The van der Waals surface area contributed by atoms with Gasteiger partial charge in [-0.15, -0.1) is 0 Å². The molecule has 0 unspecified atom stereocenters. The molecule has 2 rings (SSSR count). The number of nitrogens with two attached hydrogens (primary N) is 1. The number of halogens is 1. The van der Waals surface area contributed by atoms with Crippen molar-refractivity contribution in [3.8, 4) is 0 Å². The topological polar surface area (TPSA) is 75.3 Å². The Balaban J connectivity index is 2.25. The molecule has 0 atom stereocenters. The second-order valence-electron chi connectivity index (χ2n) is 3.92. The van der Waals surface area contributed by atoms with Gasteiger partial charge in [0.1, 0.15) is 0 Å². The van der Waals surface area contributed by atoms with Gasteiger partial charge in [-0.25, -0.2) is 4.98 Å². The van der Waals surface area contributed by atoms with Gasteiger partial charge in [-0.1, -0.05) is 0 Å². The monoisotopic (exact) mass is 242 g/mol. The van der Waals surface area contributed by atoms with E-state index in [0.717, 1.165) is 12.8 Å². The van der Waals surface area contributed by atoms with Crippen molar-refractivity contribution in [3.63, 3.8) is 0 Å². The van der Waals surface area contributed by atoms with E-state index in [-0.39, 0.29) is 11.9 Å². The van der Waals surface area contributed by atoms with Gasteiger partial charge in [0, 0.05) is 12.6 Å². The molecular formula is C10H15ClN4O. The highest BCUT2D eigenvalue weighted by Crippen LogP contribution is 2.31. The maximum Gasteiger partial charge on any atom is 0.224 e. The fourth-order valence-corrected chi connectivity index (χ4v) is 1.99. The molecule has 1 aromatic rings. The summed E-state index contributed by atoms with van der Waals surface area (Å²) in [6.07, 6.45) is 4.95. The van der Waals surface area contributed by atoms with Crippen molar-refractivity contribution >= 4 is 23.1 Å². The van der Waals surface area contributed by atoms with Gasteiger partial charge < -0.3 is 15.7 Å². The predicted octanol–water partition coefficient (Wildman–Crippen LogP) is 1.06. The zero-order valence-electron chi connectivity index (χ0n) is 8.93. The average Bonchev–Trinajstić information content (AvgIpc) is 2.18. The minimum absolute atomic E-state index is 0.0809. The molecule has 1 heterocycles. The van der Waals surface area contributed by atoms with E-state index >= 15 is 0 Å². The number of anilines is 2. The van der Waals surface area contributed by atoms with Crippen molar-refractivity contribution in [1.82, 2.24) is 9.97 Å². The molecule has 1 saturated carbocycles. The molecule has 1 aliphatic carbocycles. The third kappa shape index (κ3) is 2.20. The summed E-state index contributed by atoms with van der Waals surface area (Å²) in [5, 5.41) is 9.25. The summed E-state index contributed by atoms with van der Waals surface area (Å²) in [6, 6.07) is 0.417. The summed E-state index contributed by atoms with van der Waals surface area (Å²) in [4.78, 5) is 9.98. The first kappa shape index (κ1) is 11.4. The molecule has 0 amide bonds. The van der Waals surface area contributed by atoms with Crippen LogP contribution in [0.2, 0.25) is 5.28 Å². The van der Waals surface area contributed by atoms with Crippen LogP contribution < -0.4 is 10.6 Å². The number of nitrogen functional groups attached to an aromatic ring is 1. The van der Waals surface area contributed by atoms with E-state index in [2.05, 4.69) is 9.97 Å². The Kier molecular flexibility index (Phi) is 3.46. The smallest absolute Gasteiger partial charge is 0.224 e. The van der Waals surface area contributed by atoms with E-state index in [4.69, 9.17) is 22.4 Å². The molecule has 0 bridgehead atoms. The maximum absolute atomic E-state index is 9.07. The van der Waals surface area contributed by atoms with Crippen molar-refractivity contribution in [1.29, 1.82) is 0 Å². The molecule has 1 aliphatic rings. The van der Waals surface area contributed by atoms with Crippen molar-refractivity contribution < 1.29 is 5.11 Å². The number of aromatic nitrogens is 2. The van der Waals surface area contributed by atoms with Crippen LogP contribution in [0.4, 0.5) is 11.5 Å². The van der Waals surface area contributed by atoms with Crippen LogP contribution >= 0.6 is 11.6 Å². The fraction of sp³-hybridized carbons (Fsp3) is 0.600. The van der Waals surface area contributed by atoms with Gasteiger partial charge in [0.2, 0.25) is 5.28 Å². The van der Waals surface area contributed by atoms with Gasteiger partial charge in [0.15, 0.2) is 5.82 Å². The molecule has 0 aromatic carbocycles. The summed E-state index contributed by atoms with van der Waals surface area (Å²) in [7, 11) is 0. The lowest BCUT2D eigenvalue weighted by Gasteiger charge is -2.38. The van der Waals surface area contributed by atoms with E-state index in [1.807, 2.05) is 4.90 Å². The Morgan fingerprint density at radius 1 is 1.56 bits per heavy atom. The SMILES string of the molecule is Nc1cnc(Cl)nc1N(CCO)C1CCC1. The zero-order valence-corrected chi connectivity index (χ0v) is 9.69. The fourth-order valence-electron chi connectivity index (χ4n) is 1.86. The Morgan fingerprint density at radius 3 is 2.88 bits per heavy atom. The summed E-state index contributed by atoms with van der Waals surface area (Å²) in [5.41, 5.74) is 6.33. The lowest BCUT2D eigenvalue weighted by molar-refractivity contribution is 0.283. The number of nitrogens with zero attached hydrogens (tertiary/aromatic N) is 3. The first-order valence-corrected chi connectivity index (χ1v) is 5.75. The molecule has 1 aromatic heterocycles. The van der Waals surface area contributed by atoms with Crippen molar-refractivity contribution in [2.24, 2.45) is 0 Å². The highest BCUT2D eigenvalue weighted by atomic mass is 35.5. The number of hydrogen-bond acceptors (Lipinski definition) is 5. The third-order valence-electron chi connectivity index (χ3n) is 2.89. The number of rotatable bonds is 4. The van der Waals surface area contributed by atoms with Crippen LogP contribution in [-0.4, -0.2) is 34.3 Å². The third-order valence-corrected chi connectivity index (χ3v) is 3.08. The van der Waals surface area contributed by atoms with Crippen LogP contribution in [0, 0.1) is 0 Å². The molecule has 16 heavy (non-hydrogen) atoms. The van der Waals surface area contributed by atoms with Crippen LogP contribution in [0.5, 0.6) is 0 Å². The summed E-state index contributed by atoms with van der Waals surface area (Å²) < 4.78 is 0. The Hall–Kier alpha value is -1.07. The first-order chi connectivity index (χ1) is 7.72. The zero-order chi connectivity index (χ0) is 11.5. The van der Waals surface area contributed by atoms with E-state index in [1.54, 1.807) is 0 Å². The van der Waals surface area contributed by atoms with E-state index < -0.39 is 0 Å². The second-order valence-corrected chi connectivity index (χ2v) is 4.26. The number of aliphatic hydroxyl groups excluding tert-OH is 1. The maximum atomic E-state index is 9.07. The molecule has 88 valence electrons. The molecule has 5 nitrogen and oxygen atoms in total. The largest absolute Gasteiger partial charge is 0.395 e. The number of aliphatic hydroxyl groups is 1. The Bertz CT molecular complexity index is 370. The van der Waals surface area contributed by atoms with Gasteiger partial charge in [-0.2, -0.15) is 4.98 Å². The minimum Gasteiger partial charge on any atom is -0.395 e. The van der Waals surface area contributed by atoms with Gasteiger partial charge in [-0.05, 0) is 30.9 Å². The van der Waals surface area contributed by atoms with E-state index in [1.165, 1.54) is 12.6 Å². The highest BCUT2D eigenvalue weighted by Gasteiger charge is 2.27. The molecule has 0 spiro atoms. The normalized spacial score (nSPS) is 15.9. The average molecular weight is 243 g/mol. The Labute approximate surface area is 99.3 Å². The molecule has 1 fully saturated rings. The molecule has 0 saturated heterocycles. The molecule has 0 aliphatic heterocycles. The van der Waals surface area contributed by atoms with Gasteiger partial charge in [-0.3, -0.25) is 0 Å². The molecular weight excluding hydrogens is 228 g/mol. The van der Waals surface area contributed by atoms with E-state index in [0.29, 0.717) is 24.1 Å². The minimum atomic E-state index is 0.0809. The summed E-state index contributed by atoms with van der Waals surface area (Å²) in [5.74, 6) is 0.638. The predicted molar refractivity (Wildman–Crippen MR) is 63.5 cm³/mol. The second kappa shape index (κ2) is 4.84. The molecule has 6 heteroatoms. The summed E-state index contributed by atoms with van der Waals surface area (Å²) >= 11 is 5.76. The van der Waals surface area contributed by atoms with Crippen LogP contribution in [0.25, 0.3) is 0 Å². The van der Waals surface area contributed by atoms with Gasteiger partial charge in [0.05, 0.1) is 18.5 Å². The first-order valence-electron chi connectivity index (χ1n) is 5.38. The van der Waals surface area contributed by atoms with Crippen molar-refractivity contribution in [3.05, 3.63) is 11.5 Å². The molecule has 0 radical (unpaired) electrons. The number of hydrogen-bond donors (Lipinski definition) is 2. The quantitative estimate of drug-likeness (QED) is 0.773. The van der Waals surface area contributed by atoms with Crippen LogP contribution in [-0.2, 0) is 0 Å². The lowest BCUT2D eigenvalue weighted by atomic mass is 9.91. The van der Waals surface area contributed by atoms with E-state index in [9.17, 15) is 0 Å². The van der Waals surface area contributed by atoms with Crippen LogP contribution in [0.15, 0.2) is 6.20 Å². The van der Waals surface area contributed by atoms with Crippen LogP contribution in [0.3, 0.4) is 0 Å². The van der Waals surface area contributed by atoms with Gasteiger partial charge >= 0.3 is 0 Å².